The normalized spacial score (nSPS) is 19.4. The van der Waals surface area contributed by atoms with Crippen molar-refractivity contribution in [1.82, 2.24) is 0 Å². The van der Waals surface area contributed by atoms with Crippen LogP contribution in [0, 0.1) is 0 Å². The van der Waals surface area contributed by atoms with Crippen LogP contribution < -0.4 is 9.47 Å². The molecule has 1 heterocycles. The van der Waals surface area contributed by atoms with E-state index in [0.717, 1.165) is 22.3 Å². The maximum atomic E-state index is 10.6. The van der Waals surface area contributed by atoms with E-state index in [1.165, 1.54) is 0 Å². The molecule has 0 saturated heterocycles. The van der Waals surface area contributed by atoms with Crippen molar-refractivity contribution < 1.29 is 28.8 Å². The van der Waals surface area contributed by atoms with Crippen LogP contribution in [0.5, 0.6) is 11.5 Å². The van der Waals surface area contributed by atoms with Gasteiger partial charge in [0.05, 0.1) is 40.3 Å². The minimum absolute atomic E-state index is 0.258. The summed E-state index contributed by atoms with van der Waals surface area (Å²) in [6.45, 7) is 1.10. The van der Waals surface area contributed by atoms with Crippen molar-refractivity contribution in [2.75, 3.05) is 20.8 Å². The fraction of sp³-hybridized carbons (Fsp3) is 0.286. The van der Waals surface area contributed by atoms with Gasteiger partial charge >= 0.3 is 0 Å². The summed E-state index contributed by atoms with van der Waals surface area (Å²) in [7, 11) is 3.25. The van der Waals surface area contributed by atoms with Gasteiger partial charge in [-0.1, -0.05) is 60.7 Å². The lowest BCUT2D eigenvalue weighted by atomic mass is 10.0. The van der Waals surface area contributed by atoms with Gasteiger partial charge in [-0.15, -0.1) is 0 Å². The minimum atomic E-state index is -0.804. The summed E-state index contributed by atoms with van der Waals surface area (Å²) in [5.41, 5.74) is 4.19. The summed E-state index contributed by atoms with van der Waals surface area (Å²) in [5, 5.41) is 10.6. The highest BCUT2D eigenvalue weighted by molar-refractivity contribution is 5.67. The van der Waals surface area contributed by atoms with Gasteiger partial charge in [0.15, 0.2) is 11.5 Å². The molecular formula is C28H30O6. The van der Waals surface area contributed by atoms with Crippen molar-refractivity contribution in [3.63, 3.8) is 0 Å². The van der Waals surface area contributed by atoms with E-state index in [9.17, 15) is 5.11 Å². The third-order valence-corrected chi connectivity index (χ3v) is 5.75. The van der Waals surface area contributed by atoms with Crippen molar-refractivity contribution >= 4 is 0 Å². The second kappa shape index (κ2) is 11.7. The first-order chi connectivity index (χ1) is 16.7. The van der Waals surface area contributed by atoms with Crippen molar-refractivity contribution in [2.45, 2.75) is 31.5 Å². The predicted molar refractivity (Wildman–Crippen MR) is 130 cm³/mol. The van der Waals surface area contributed by atoms with E-state index in [2.05, 4.69) is 0 Å². The first-order valence-electron chi connectivity index (χ1n) is 11.2. The fourth-order valence-corrected chi connectivity index (χ4v) is 3.79. The molecule has 1 aliphatic heterocycles. The monoisotopic (exact) mass is 462 g/mol. The van der Waals surface area contributed by atoms with Crippen LogP contribution in [0.25, 0.3) is 11.1 Å². The van der Waals surface area contributed by atoms with Crippen LogP contribution >= 0.6 is 0 Å². The summed E-state index contributed by atoms with van der Waals surface area (Å²) in [6.07, 6.45) is 1.58. The van der Waals surface area contributed by atoms with E-state index < -0.39 is 18.3 Å². The summed E-state index contributed by atoms with van der Waals surface area (Å²) in [4.78, 5) is 0. The summed E-state index contributed by atoms with van der Waals surface area (Å²) < 4.78 is 28.0. The van der Waals surface area contributed by atoms with Crippen LogP contribution in [0.4, 0.5) is 0 Å². The highest BCUT2D eigenvalue weighted by atomic mass is 16.6. The molecule has 0 aliphatic carbocycles. The van der Waals surface area contributed by atoms with Crippen molar-refractivity contribution in [2.24, 2.45) is 0 Å². The van der Waals surface area contributed by atoms with Gasteiger partial charge in [0.25, 0.3) is 0 Å². The van der Waals surface area contributed by atoms with Gasteiger partial charge in [-0.25, -0.2) is 0 Å². The Kier molecular flexibility index (Phi) is 8.20. The van der Waals surface area contributed by atoms with Gasteiger partial charge in [-0.05, 0) is 40.5 Å². The minimum Gasteiger partial charge on any atom is -0.493 e. The predicted octanol–water partition coefficient (Wildman–Crippen LogP) is 4.75. The molecule has 0 fully saturated rings. The number of aliphatic hydroxyl groups is 1. The lowest BCUT2D eigenvalue weighted by Crippen LogP contribution is -2.44. The van der Waals surface area contributed by atoms with Crippen LogP contribution in [-0.4, -0.2) is 44.2 Å². The zero-order valence-corrected chi connectivity index (χ0v) is 19.4. The molecule has 178 valence electrons. The molecule has 3 atom stereocenters. The Hall–Kier alpha value is -3.32. The Morgan fingerprint density at radius 2 is 1.50 bits per heavy atom. The van der Waals surface area contributed by atoms with Crippen LogP contribution in [0.1, 0.15) is 11.1 Å². The number of ether oxygens (including phenoxy) is 5. The standard InChI is InChI=1S/C28H30O6/c1-30-24-13-12-23(16-26(24)31-2)22-10-8-21(9-11-22)17-32-19-27-28(29)25(14-15-33-27)34-18-20-6-4-3-5-7-20/h3-16,25,27-29H,17-19H2,1-2H3/t25-,27-,28+/m1/s1. The molecule has 0 radical (unpaired) electrons. The van der Waals surface area contributed by atoms with Crippen LogP contribution in [0.15, 0.2) is 85.1 Å². The Morgan fingerprint density at radius 1 is 0.794 bits per heavy atom. The molecule has 0 amide bonds. The Bertz CT molecular complexity index is 1060. The molecule has 0 unspecified atom stereocenters. The maximum Gasteiger partial charge on any atom is 0.161 e. The molecule has 3 aromatic rings. The van der Waals surface area contributed by atoms with E-state index in [0.29, 0.717) is 24.7 Å². The molecule has 0 spiro atoms. The average Bonchev–Trinajstić information content (AvgIpc) is 2.89. The topological polar surface area (TPSA) is 66.4 Å². The van der Waals surface area contributed by atoms with Gasteiger partial charge in [-0.3, -0.25) is 0 Å². The quantitative estimate of drug-likeness (QED) is 0.469. The molecule has 1 N–H and O–H groups in total. The summed E-state index contributed by atoms with van der Waals surface area (Å²) in [5.74, 6) is 1.39. The van der Waals surface area contributed by atoms with Crippen LogP contribution in [-0.2, 0) is 27.4 Å². The first-order valence-corrected chi connectivity index (χ1v) is 11.2. The molecule has 6 nitrogen and oxygen atoms in total. The van der Waals surface area contributed by atoms with Crippen molar-refractivity contribution in [3.8, 4) is 22.6 Å². The largest absolute Gasteiger partial charge is 0.493 e. The van der Waals surface area contributed by atoms with Crippen LogP contribution in [0.2, 0.25) is 0 Å². The molecule has 34 heavy (non-hydrogen) atoms. The molecule has 0 saturated carbocycles. The number of rotatable bonds is 10. The smallest absolute Gasteiger partial charge is 0.161 e. The van der Waals surface area contributed by atoms with E-state index in [-0.39, 0.29) is 6.61 Å². The van der Waals surface area contributed by atoms with Crippen LogP contribution in [0.3, 0.4) is 0 Å². The van der Waals surface area contributed by atoms with E-state index in [1.54, 1.807) is 26.6 Å². The third-order valence-electron chi connectivity index (χ3n) is 5.75. The highest BCUT2D eigenvalue weighted by Gasteiger charge is 2.31. The highest BCUT2D eigenvalue weighted by Crippen LogP contribution is 2.32. The molecule has 0 bridgehead atoms. The number of hydrogen-bond acceptors (Lipinski definition) is 6. The Morgan fingerprint density at radius 3 is 2.24 bits per heavy atom. The number of aliphatic hydroxyl groups excluding tert-OH is 1. The summed E-state index contributed by atoms with van der Waals surface area (Å²) in [6, 6.07) is 23.9. The summed E-state index contributed by atoms with van der Waals surface area (Å²) >= 11 is 0. The van der Waals surface area contributed by atoms with E-state index >= 15 is 0 Å². The third kappa shape index (κ3) is 5.97. The SMILES string of the molecule is COc1ccc(-c2ccc(COC[C@H]3OC=C[C@@H](OCc4ccccc4)[C@@H]3O)cc2)cc1OC. The van der Waals surface area contributed by atoms with Gasteiger partial charge in [0.1, 0.15) is 18.3 Å². The van der Waals surface area contributed by atoms with Gasteiger partial charge < -0.3 is 28.8 Å². The van der Waals surface area contributed by atoms with Gasteiger partial charge in [0.2, 0.25) is 0 Å². The average molecular weight is 463 g/mol. The lowest BCUT2D eigenvalue weighted by molar-refractivity contribution is -0.116. The second-order valence-corrected chi connectivity index (χ2v) is 8.04. The van der Waals surface area contributed by atoms with Crippen molar-refractivity contribution in [3.05, 3.63) is 96.3 Å². The molecule has 0 aromatic heterocycles. The van der Waals surface area contributed by atoms with E-state index in [1.807, 2.05) is 72.8 Å². The Balaban J connectivity index is 1.27. The molecular weight excluding hydrogens is 432 g/mol. The lowest BCUT2D eigenvalue weighted by Gasteiger charge is -2.31. The molecule has 3 aromatic carbocycles. The Labute approximate surface area is 200 Å². The number of hydrogen-bond donors (Lipinski definition) is 1. The van der Waals surface area contributed by atoms with Crippen molar-refractivity contribution in [1.29, 1.82) is 0 Å². The van der Waals surface area contributed by atoms with Gasteiger partial charge in [0, 0.05) is 0 Å². The van der Waals surface area contributed by atoms with Gasteiger partial charge in [-0.2, -0.15) is 0 Å². The number of benzene rings is 3. The second-order valence-electron chi connectivity index (χ2n) is 8.04. The first kappa shape index (κ1) is 23.8. The molecule has 4 rings (SSSR count). The zero-order valence-electron chi connectivity index (χ0n) is 19.4. The molecule has 1 aliphatic rings. The molecule has 6 heteroatoms. The zero-order chi connectivity index (χ0) is 23.8. The number of methoxy groups -OCH3 is 2. The van der Waals surface area contributed by atoms with E-state index in [4.69, 9.17) is 23.7 Å². The maximum absolute atomic E-state index is 10.6. The fourth-order valence-electron chi connectivity index (χ4n) is 3.79.